The Morgan fingerprint density at radius 2 is 1.90 bits per heavy atom. The van der Waals surface area contributed by atoms with Crippen LogP contribution in [0.2, 0.25) is 0 Å². The standard InChI is InChI=1S/C24H30N2O3/c1-2-29-23(28)21-20(25-22(26-21)18-4-3-5-19(27)11-18)6-7-24-12-15-8-16(13-24)10-17(9-15)14-24/h3-5,11,15-17,27H,2,6-10,12-14H2,1H3,(H,25,26). The average Bonchev–Trinajstić information content (AvgIpc) is 3.10. The van der Waals surface area contributed by atoms with Gasteiger partial charge in [0.2, 0.25) is 0 Å². The van der Waals surface area contributed by atoms with Crippen LogP contribution in [0.25, 0.3) is 11.4 Å². The summed E-state index contributed by atoms with van der Waals surface area (Å²) < 4.78 is 5.27. The number of imidazole rings is 1. The van der Waals surface area contributed by atoms with Crippen molar-refractivity contribution in [1.82, 2.24) is 9.97 Å². The molecule has 0 unspecified atom stereocenters. The highest BCUT2D eigenvalue weighted by molar-refractivity contribution is 5.89. The molecule has 0 radical (unpaired) electrons. The third-order valence-electron chi connectivity index (χ3n) is 7.44. The first-order chi connectivity index (χ1) is 14.0. The van der Waals surface area contributed by atoms with Gasteiger partial charge in [0.25, 0.3) is 0 Å². The molecule has 0 spiro atoms. The van der Waals surface area contributed by atoms with E-state index in [2.05, 4.69) is 9.97 Å². The lowest BCUT2D eigenvalue weighted by atomic mass is 9.48. The number of hydrogen-bond donors (Lipinski definition) is 2. The van der Waals surface area contributed by atoms with Crippen LogP contribution in [0.15, 0.2) is 24.3 Å². The van der Waals surface area contributed by atoms with E-state index in [1.54, 1.807) is 18.2 Å². The van der Waals surface area contributed by atoms with E-state index in [-0.39, 0.29) is 11.7 Å². The average molecular weight is 395 g/mol. The van der Waals surface area contributed by atoms with E-state index in [1.807, 2.05) is 13.0 Å². The summed E-state index contributed by atoms with van der Waals surface area (Å²) in [4.78, 5) is 20.5. The molecular weight excluding hydrogens is 364 g/mol. The normalized spacial score (nSPS) is 29.9. The summed E-state index contributed by atoms with van der Waals surface area (Å²) in [6, 6.07) is 6.96. The van der Waals surface area contributed by atoms with Crippen LogP contribution in [-0.4, -0.2) is 27.7 Å². The van der Waals surface area contributed by atoms with E-state index < -0.39 is 0 Å². The van der Waals surface area contributed by atoms with Gasteiger partial charge in [0.05, 0.1) is 6.61 Å². The molecule has 2 aromatic rings. The van der Waals surface area contributed by atoms with Crippen molar-refractivity contribution >= 4 is 5.97 Å². The predicted molar refractivity (Wildman–Crippen MR) is 111 cm³/mol. The fraction of sp³-hybridized carbons (Fsp3) is 0.583. The first kappa shape index (κ1) is 18.7. The molecule has 2 N–H and O–H groups in total. The van der Waals surface area contributed by atoms with E-state index in [1.165, 1.54) is 38.5 Å². The van der Waals surface area contributed by atoms with Gasteiger partial charge in [-0.05, 0) is 93.6 Å². The number of aromatic amines is 1. The number of hydrogen-bond acceptors (Lipinski definition) is 4. The van der Waals surface area contributed by atoms with Crippen molar-refractivity contribution < 1.29 is 14.6 Å². The summed E-state index contributed by atoms with van der Waals surface area (Å²) in [6.07, 6.45) is 10.4. The lowest BCUT2D eigenvalue weighted by Gasteiger charge is -2.57. The Bertz CT molecular complexity index is 881. The zero-order chi connectivity index (χ0) is 20.0. The van der Waals surface area contributed by atoms with Crippen LogP contribution in [0, 0.1) is 23.2 Å². The summed E-state index contributed by atoms with van der Waals surface area (Å²) >= 11 is 0. The van der Waals surface area contributed by atoms with Crippen LogP contribution < -0.4 is 0 Å². The van der Waals surface area contributed by atoms with Crippen molar-refractivity contribution in [1.29, 1.82) is 0 Å². The number of rotatable bonds is 6. The van der Waals surface area contributed by atoms with Crippen molar-refractivity contribution in [2.75, 3.05) is 6.61 Å². The minimum Gasteiger partial charge on any atom is -0.508 e. The molecule has 0 aliphatic heterocycles. The van der Waals surface area contributed by atoms with E-state index >= 15 is 0 Å². The molecule has 0 atom stereocenters. The van der Waals surface area contributed by atoms with Gasteiger partial charge in [0.1, 0.15) is 11.6 Å². The summed E-state index contributed by atoms with van der Waals surface area (Å²) in [5.41, 5.74) is 2.50. The highest BCUT2D eigenvalue weighted by atomic mass is 16.5. The lowest BCUT2D eigenvalue weighted by molar-refractivity contribution is -0.0571. The Balaban J connectivity index is 1.40. The van der Waals surface area contributed by atoms with Gasteiger partial charge in [0, 0.05) is 11.3 Å². The molecular formula is C24H30N2O3. The number of nitrogens with one attached hydrogen (secondary N) is 1. The first-order valence-corrected chi connectivity index (χ1v) is 11.1. The van der Waals surface area contributed by atoms with E-state index in [0.717, 1.165) is 41.9 Å². The van der Waals surface area contributed by atoms with Crippen LogP contribution in [0.5, 0.6) is 5.75 Å². The van der Waals surface area contributed by atoms with Crippen molar-refractivity contribution in [3.8, 4) is 17.1 Å². The molecule has 0 amide bonds. The summed E-state index contributed by atoms with van der Waals surface area (Å²) in [6.45, 7) is 2.15. The number of aromatic hydroxyl groups is 1. The minimum atomic E-state index is -0.365. The number of esters is 1. The highest BCUT2D eigenvalue weighted by Crippen LogP contribution is 2.61. The molecule has 5 nitrogen and oxygen atoms in total. The quantitative estimate of drug-likeness (QED) is 0.668. The molecule has 1 aromatic heterocycles. The number of nitrogens with zero attached hydrogens (tertiary/aromatic N) is 1. The van der Waals surface area contributed by atoms with Crippen molar-refractivity contribution in [2.45, 2.75) is 58.3 Å². The Morgan fingerprint density at radius 1 is 1.21 bits per heavy atom. The van der Waals surface area contributed by atoms with Crippen LogP contribution in [0.1, 0.15) is 68.1 Å². The predicted octanol–water partition coefficient (Wildman–Crippen LogP) is 5.11. The molecule has 4 aliphatic rings. The molecule has 5 heteroatoms. The van der Waals surface area contributed by atoms with Gasteiger partial charge in [-0.1, -0.05) is 12.1 Å². The number of phenols is 1. The highest BCUT2D eigenvalue weighted by Gasteiger charge is 2.50. The number of aromatic nitrogens is 2. The van der Waals surface area contributed by atoms with Crippen LogP contribution in [0.4, 0.5) is 0 Å². The molecule has 4 fully saturated rings. The molecule has 1 heterocycles. The largest absolute Gasteiger partial charge is 0.508 e. The van der Waals surface area contributed by atoms with Crippen LogP contribution in [0.3, 0.4) is 0 Å². The van der Waals surface area contributed by atoms with Gasteiger partial charge in [-0.2, -0.15) is 0 Å². The number of ether oxygens (including phenoxy) is 1. The van der Waals surface area contributed by atoms with Gasteiger partial charge in [0.15, 0.2) is 5.69 Å². The zero-order valence-corrected chi connectivity index (χ0v) is 17.1. The van der Waals surface area contributed by atoms with Crippen LogP contribution in [-0.2, 0) is 11.2 Å². The third-order valence-corrected chi connectivity index (χ3v) is 7.44. The SMILES string of the molecule is CCOC(=O)c1nc(-c2cccc(O)c2)[nH]c1CCC12CC3CC(CC(C3)C1)C2. The number of carbonyl (C=O) groups excluding carboxylic acids is 1. The Kier molecular flexibility index (Phi) is 4.64. The lowest BCUT2D eigenvalue weighted by Crippen LogP contribution is -2.46. The molecule has 154 valence electrons. The fourth-order valence-electron chi connectivity index (χ4n) is 6.73. The smallest absolute Gasteiger partial charge is 0.358 e. The maximum Gasteiger partial charge on any atom is 0.358 e. The number of H-pyrrole nitrogens is 1. The number of benzene rings is 1. The maximum atomic E-state index is 12.5. The number of phenolic OH excluding ortho intramolecular Hbond substituents is 1. The van der Waals surface area contributed by atoms with Gasteiger partial charge in [-0.3, -0.25) is 0 Å². The molecule has 29 heavy (non-hydrogen) atoms. The van der Waals surface area contributed by atoms with Gasteiger partial charge < -0.3 is 14.8 Å². The number of carbonyl (C=O) groups is 1. The molecule has 4 aliphatic carbocycles. The number of aryl methyl sites for hydroxylation is 1. The Labute approximate surface area is 171 Å². The molecule has 1 aromatic carbocycles. The van der Waals surface area contributed by atoms with Crippen molar-refractivity contribution in [3.63, 3.8) is 0 Å². The second-order valence-electron chi connectivity index (χ2n) is 9.60. The fourth-order valence-corrected chi connectivity index (χ4v) is 6.73. The van der Waals surface area contributed by atoms with E-state index in [0.29, 0.717) is 23.5 Å². The summed E-state index contributed by atoms with van der Waals surface area (Å²) in [5.74, 6) is 3.22. The second kappa shape index (κ2) is 7.19. The van der Waals surface area contributed by atoms with Crippen molar-refractivity contribution in [2.24, 2.45) is 23.2 Å². The first-order valence-electron chi connectivity index (χ1n) is 11.1. The van der Waals surface area contributed by atoms with E-state index in [4.69, 9.17) is 4.74 Å². The van der Waals surface area contributed by atoms with Gasteiger partial charge in [-0.25, -0.2) is 9.78 Å². The summed E-state index contributed by atoms with van der Waals surface area (Å²) in [5, 5.41) is 9.81. The maximum absolute atomic E-state index is 12.5. The zero-order valence-electron chi connectivity index (χ0n) is 17.1. The topological polar surface area (TPSA) is 75.2 Å². The van der Waals surface area contributed by atoms with E-state index in [9.17, 15) is 9.90 Å². The van der Waals surface area contributed by atoms with Gasteiger partial charge in [-0.15, -0.1) is 0 Å². The van der Waals surface area contributed by atoms with Crippen LogP contribution >= 0.6 is 0 Å². The third kappa shape index (κ3) is 3.56. The van der Waals surface area contributed by atoms with Crippen molar-refractivity contribution in [3.05, 3.63) is 35.7 Å². The molecule has 4 bridgehead atoms. The summed E-state index contributed by atoms with van der Waals surface area (Å²) in [7, 11) is 0. The minimum absolute atomic E-state index is 0.187. The molecule has 0 saturated heterocycles. The Hall–Kier alpha value is -2.30. The molecule has 4 saturated carbocycles. The van der Waals surface area contributed by atoms with Gasteiger partial charge >= 0.3 is 5.97 Å². The Morgan fingerprint density at radius 3 is 2.52 bits per heavy atom. The molecule has 6 rings (SSSR count). The second-order valence-corrected chi connectivity index (χ2v) is 9.60. The monoisotopic (exact) mass is 394 g/mol.